The Balaban J connectivity index is 2.21. The maximum absolute atomic E-state index is 6.19. The number of hydrogen-bond acceptors (Lipinski definition) is 2. The fraction of sp³-hybridized carbons (Fsp3) is 0.250. The molecule has 0 aliphatic heterocycles. The first-order valence-corrected chi connectivity index (χ1v) is 6.79. The predicted molar refractivity (Wildman–Crippen MR) is 79.9 cm³/mol. The summed E-state index contributed by atoms with van der Waals surface area (Å²) < 4.78 is 5.81. The second-order valence-corrected chi connectivity index (χ2v) is 4.98. The van der Waals surface area contributed by atoms with Crippen LogP contribution in [0.2, 0.25) is 5.02 Å². The van der Waals surface area contributed by atoms with Crippen LogP contribution in [-0.4, -0.2) is 0 Å². The highest BCUT2D eigenvalue weighted by molar-refractivity contribution is 6.31. The van der Waals surface area contributed by atoms with Crippen molar-refractivity contribution in [1.82, 2.24) is 0 Å². The first kappa shape index (κ1) is 13.9. The third kappa shape index (κ3) is 3.49. The lowest BCUT2D eigenvalue weighted by Gasteiger charge is -2.11. The van der Waals surface area contributed by atoms with Crippen LogP contribution in [0, 0.1) is 0 Å². The lowest BCUT2D eigenvalue weighted by molar-refractivity contribution is 0.481. The van der Waals surface area contributed by atoms with E-state index in [4.69, 9.17) is 22.1 Å². The molecule has 2 aromatic carbocycles. The number of rotatable bonds is 4. The van der Waals surface area contributed by atoms with E-state index >= 15 is 0 Å². The molecule has 2 nitrogen and oxygen atoms in total. The predicted octanol–water partition coefficient (Wildman–Crippen LogP) is 4.71. The molecule has 2 rings (SSSR count). The van der Waals surface area contributed by atoms with E-state index in [1.165, 1.54) is 5.56 Å². The molecule has 0 saturated heterocycles. The van der Waals surface area contributed by atoms with E-state index in [0.29, 0.717) is 5.02 Å². The normalized spacial score (nSPS) is 12.2. The molecule has 0 spiro atoms. The van der Waals surface area contributed by atoms with Gasteiger partial charge in [0, 0.05) is 11.1 Å². The minimum atomic E-state index is -0.0787. The molecule has 0 aliphatic rings. The Morgan fingerprint density at radius 3 is 2.53 bits per heavy atom. The Hall–Kier alpha value is -1.51. The molecule has 1 unspecified atom stereocenters. The summed E-state index contributed by atoms with van der Waals surface area (Å²) >= 11 is 6.19. The van der Waals surface area contributed by atoms with Gasteiger partial charge in [-0.2, -0.15) is 0 Å². The molecule has 19 heavy (non-hydrogen) atoms. The zero-order valence-corrected chi connectivity index (χ0v) is 11.9. The molecule has 3 heteroatoms. The third-order valence-electron chi connectivity index (χ3n) is 3.00. The van der Waals surface area contributed by atoms with Crippen LogP contribution >= 0.6 is 11.6 Å². The van der Waals surface area contributed by atoms with Crippen LogP contribution in [0.15, 0.2) is 42.5 Å². The first-order valence-electron chi connectivity index (χ1n) is 6.42. The Morgan fingerprint density at radius 2 is 1.89 bits per heavy atom. The van der Waals surface area contributed by atoms with Gasteiger partial charge in [0.05, 0.1) is 0 Å². The van der Waals surface area contributed by atoms with Gasteiger partial charge in [-0.05, 0) is 48.7 Å². The van der Waals surface area contributed by atoms with Crippen molar-refractivity contribution >= 4 is 11.6 Å². The quantitative estimate of drug-likeness (QED) is 0.877. The SMILES string of the molecule is CCc1cccc(Oc2ccc(C(C)N)c(Cl)c2)c1. The molecule has 0 radical (unpaired) electrons. The Morgan fingerprint density at radius 1 is 1.16 bits per heavy atom. The van der Waals surface area contributed by atoms with Gasteiger partial charge in [0.2, 0.25) is 0 Å². The van der Waals surface area contributed by atoms with Crippen molar-refractivity contribution in [2.45, 2.75) is 26.3 Å². The van der Waals surface area contributed by atoms with E-state index in [1.807, 2.05) is 37.3 Å². The van der Waals surface area contributed by atoms with Crippen molar-refractivity contribution in [3.8, 4) is 11.5 Å². The van der Waals surface area contributed by atoms with Crippen LogP contribution in [0.5, 0.6) is 11.5 Å². The van der Waals surface area contributed by atoms with Crippen molar-refractivity contribution in [3.63, 3.8) is 0 Å². The molecule has 0 bridgehead atoms. The fourth-order valence-corrected chi connectivity index (χ4v) is 2.25. The lowest BCUT2D eigenvalue weighted by Crippen LogP contribution is -2.05. The standard InChI is InChI=1S/C16H18ClNO/c1-3-12-5-4-6-13(9-12)19-14-7-8-15(11(2)18)16(17)10-14/h4-11H,3,18H2,1-2H3. The smallest absolute Gasteiger partial charge is 0.128 e. The molecule has 0 aliphatic carbocycles. The Bertz CT molecular complexity index is 566. The van der Waals surface area contributed by atoms with Crippen LogP contribution < -0.4 is 10.5 Å². The minimum absolute atomic E-state index is 0.0787. The highest BCUT2D eigenvalue weighted by atomic mass is 35.5. The van der Waals surface area contributed by atoms with Crippen molar-refractivity contribution in [2.24, 2.45) is 5.73 Å². The van der Waals surface area contributed by atoms with Crippen LogP contribution in [0.4, 0.5) is 0 Å². The van der Waals surface area contributed by atoms with Gasteiger partial charge >= 0.3 is 0 Å². The lowest BCUT2D eigenvalue weighted by atomic mass is 10.1. The van der Waals surface area contributed by atoms with Crippen molar-refractivity contribution < 1.29 is 4.74 Å². The second-order valence-electron chi connectivity index (χ2n) is 4.58. The monoisotopic (exact) mass is 275 g/mol. The van der Waals surface area contributed by atoms with Gasteiger partial charge in [0.25, 0.3) is 0 Å². The van der Waals surface area contributed by atoms with Crippen LogP contribution in [0.25, 0.3) is 0 Å². The number of halogens is 1. The molecule has 0 amide bonds. The summed E-state index contributed by atoms with van der Waals surface area (Å²) in [5.41, 5.74) is 8.00. The largest absolute Gasteiger partial charge is 0.457 e. The van der Waals surface area contributed by atoms with Crippen LogP contribution in [-0.2, 0) is 6.42 Å². The molecule has 1 atom stereocenters. The summed E-state index contributed by atoms with van der Waals surface area (Å²) in [6, 6.07) is 13.6. The Labute approximate surface area is 119 Å². The fourth-order valence-electron chi connectivity index (χ4n) is 1.91. The molecular formula is C16H18ClNO. The molecule has 100 valence electrons. The van der Waals surface area contributed by atoms with Gasteiger partial charge < -0.3 is 10.5 Å². The van der Waals surface area contributed by atoms with Crippen molar-refractivity contribution in [1.29, 1.82) is 0 Å². The van der Waals surface area contributed by atoms with Crippen molar-refractivity contribution in [3.05, 3.63) is 58.6 Å². The van der Waals surface area contributed by atoms with Gasteiger partial charge in [0.1, 0.15) is 11.5 Å². The van der Waals surface area contributed by atoms with E-state index in [1.54, 1.807) is 6.07 Å². The number of ether oxygens (including phenoxy) is 1. The molecule has 0 saturated carbocycles. The van der Waals surface area contributed by atoms with Crippen LogP contribution in [0.1, 0.15) is 31.0 Å². The second kappa shape index (κ2) is 6.09. The van der Waals surface area contributed by atoms with E-state index in [9.17, 15) is 0 Å². The van der Waals surface area contributed by atoms with E-state index < -0.39 is 0 Å². The molecular weight excluding hydrogens is 258 g/mol. The zero-order chi connectivity index (χ0) is 13.8. The minimum Gasteiger partial charge on any atom is -0.457 e. The zero-order valence-electron chi connectivity index (χ0n) is 11.2. The third-order valence-corrected chi connectivity index (χ3v) is 3.33. The molecule has 2 N–H and O–H groups in total. The van der Waals surface area contributed by atoms with Crippen molar-refractivity contribution in [2.75, 3.05) is 0 Å². The number of aryl methyl sites for hydroxylation is 1. The average Bonchev–Trinajstić information content (AvgIpc) is 2.38. The summed E-state index contributed by atoms with van der Waals surface area (Å²) in [7, 11) is 0. The average molecular weight is 276 g/mol. The molecule has 2 aromatic rings. The van der Waals surface area contributed by atoms with Gasteiger partial charge in [-0.15, -0.1) is 0 Å². The first-order chi connectivity index (χ1) is 9.10. The molecule has 0 fully saturated rings. The molecule has 0 aromatic heterocycles. The molecule has 0 heterocycles. The van der Waals surface area contributed by atoms with Gasteiger partial charge in [0.15, 0.2) is 0 Å². The van der Waals surface area contributed by atoms with Gasteiger partial charge in [-0.3, -0.25) is 0 Å². The van der Waals surface area contributed by atoms with Crippen LogP contribution in [0.3, 0.4) is 0 Å². The topological polar surface area (TPSA) is 35.2 Å². The van der Waals surface area contributed by atoms with Gasteiger partial charge in [-0.25, -0.2) is 0 Å². The number of benzene rings is 2. The Kier molecular flexibility index (Phi) is 4.46. The maximum atomic E-state index is 6.19. The maximum Gasteiger partial charge on any atom is 0.128 e. The summed E-state index contributed by atoms with van der Waals surface area (Å²) in [5.74, 6) is 1.55. The van der Waals surface area contributed by atoms with E-state index in [-0.39, 0.29) is 6.04 Å². The summed E-state index contributed by atoms with van der Waals surface area (Å²) in [4.78, 5) is 0. The highest BCUT2D eigenvalue weighted by Gasteiger charge is 2.07. The van der Waals surface area contributed by atoms with E-state index in [2.05, 4.69) is 13.0 Å². The highest BCUT2D eigenvalue weighted by Crippen LogP contribution is 2.29. The van der Waals surface area contributed by atoms with Gasteiger partial charge in [-0.1, -0.05) is 36.7 Å². The summed E-state index contributed by atoms with van der Waals surface area (Å²) in [5, 5.41) is 0.638. The summed E-state index contributed by atoms with van der Waals surface area (Å²) in [6.07, 6.45) is 0.988. The number of nitrogens with two attached hydrogens (primary N) is 1. The number of hydrogen-bond donors (Lipinski definition) is 1. The summed E-state index contributed by atoms with van der Waals surface area (Å²) in [6.45, 7) is 4.03. The van der Waals surface area contributed by atoms with E-state index in [0.717, 1.165) is 23.5 Å².